The summed E-state index contributed by atoms with van der Waals surface area (Å²) < 4.78 is 44.1. The van der Waals surface area contributed by atoms with E-state index in [1.54, 1.807) is 6.92 Å². The number of benzene rings is 1. The molecule has 0 saturated carbocycles. The number of hydrogen-bond acceptors (Lipinski definition) is 4. The molecule has 0 aliphatic heterocycles. The first-order chi connectivity index (χ1) is 9.31. The highest BCUT2D eigenvalue weighted by atomic mass is 19.4. The minimum atomic E-state index is -4.83. The Hall–Kier alpha value is -2.36. The Morgan fingerprint density at radius 2 is 2.10 bits per heavy atom. The van der Waals surface area contributed by atoms with E-state index in [-0.39, 0.29) is 18.6 Å². The number of carbonyl (C=O) groups is 1. The highest BCUT2D eigenvalue weighted by Gasteiger charge is 2.31. The third kappa shape index (κ3) is 5.52. The highest BCUT2D eigenvalue weighted by Crippen LogP contribution is 2.27. The van der Waals surface area contributed by atoms with Gasteiger partial charge < -0.3 is 14.6 Å². The molecule has 20 heavy (non-hydrogen) atoms. The zero-order chi connectivity index (χ0) is 15.2. The average Bonchev–Trinajstić information content (AvgIpc) is 2.30. The van der Waals surface area contributed by atoms with E-state index in [2.05, 4.69) is 21.3 Å². The zero-order valence-electron chi connectivity index (χ0n) is 10.5. The van der Waals surface area contributed by atoms with Crippen molar-refractivity contribution in [3.63, 3.8) is 0 Å². The summed E-state index contributed by atoms with van der Waals surface area (Å²) in [5.74, 6) is 3.37. The van der Waals surface area contributed by atoms with Gasteiger partial charge in [0.2, 0.25) is 0 Å². The molecule has 108 valence electrons. The fourth-order valence-electron chi connectivity index (χ4n) is 1.24. The van der Waals surface area contributed by atoms with Crippen molar-refractivity contribution in [2.45, 2.75) is 19.7 Å². The number of alkyl halides is 3. The van der Waals surface area contributed by atoms with E-state index in [9.17, 15) is 23.1 Å². The van der Waals surface area contributed by atoms with E-state index in [4.69, 9.17) is 0 Å². The summed E-state index contributed by atoms with van der Waals surface area (Å²) in [6.45, 7) is 1.88. The van der Waals surface area contributed by atoms with Crippen LogP contribution in [0.15, 0.2) is 18.2 Å². The topological polar surface area (TPSA) is 55.8 Å². The lowest BCUT2D eigenvalue weighted by molar-refractivity contribution is -0.274. The molecule has 0 bridgehead atoms. The van der Waals surface area contributed by atoms with Gasteiger partial charge in [-0.15, -0.1) is 13.2 Å². The molecule has 0 heterocycles. The van der Waals surface area contributed by atoms with Crippen molar-refractivity contribution in [1.82, 2.24) is 0 Å². The summed E-state index contributed by atoms with van der Waals surface area (Å²) in [6.07, 6.45) is -5.00. The summed E-state index contributed by atoms with van der Waals surface area (Å²) in [7, 11) is 0. The van der Waals surface area contributed by atoms with Crippen molar-refractivity contribution in [2.75, 3.05) is 6.61 Å². The fraction of sp³-hybridized carbons (Fsp3) is 0.308. The van der Waals surface area contributed by atoms with Crippen LogP contribution < -0.4 is 4.74 Å². The summed E-state index contributed by atoms with van der Waals surface area (Å²) >= 11 is 0. The molecule has 0 aromatic heterocycles. The van der Waals surface area contributed by atoms with Gasteiger partial charge in [0.05, 0.1) is 12.2 Å². The van der Waals surface area contributed by atoms with Gasteiger partial charge in [0, 0.05) is 6.07 Å². The van der Waals surface area contributed by atoms with Crippen molar-refractivity contribution < 1.29 is 32.5 Å². The Bertz CT molecular complexity index is 541. The molecule has 0 aliphatic carbocycles. The SMILES string of the molecule is CCOC(=O)CC#Cc1ccc(OC(F)(F)F)cc1O. The molecule has 0 fully saturated rings. The number of ether oxygens (including phenoxy) is 2. The normalized spacial score (nSPS) is 10.4. The first-order valence-electron chi connectivity index (χ1n) is 5.55. The van der Waals surface area contributed by atoms with Gasteiger partial charge in [0.25, 0.3) is 0 Å². The molecule has 0 aliphatic rings. The zero-order valence-corrected chi connectivity index (χ0v) is 10.5. The standard InChI is InChI=1S/C13H11F3O4/c1-2-19-12(18)5-3-4-9-6-7-10(8-11(9)17)20-13(14,15)16/h6-8,17H,2,5H2,1H3. The van der Waals surface area contributed by atoms with Crippen LogP contribution in [0.4, 0.5) is 13.2 Å². The molecule has 4 nitrogen and oxygen atoms in total. The maximum Gasteiger partial charge on any atom is 0.573 e. The van der Waals surface area contributed by atoms with Crippen molar-refractivity contribution in [3.05, 3.63) is 23.8 Å². The maximum absolute atomic E-state index is 12.0. The second kappa shape index (κ2) is 6.70. The molecule has 0 spiro atoms. The van der Waals surface area contributed by atoms with Crippen LogP contribution in [-0.4, -0.2) is 24.0 Å². The molecular weight excluding hydrogens is 277 g/mol. The third-order valence-electron chi connectivity index (χ3n) is 1.96. The van der Waals surface area contributed by atoms with Gasteiger partial charge in [-0.25, -0.2) is 0 Å². The lowest BCUT2D eigenvalue weighted by Gasteiger charge is -2.09. The maximum atomic E-state index is 12.0. The Labute approximate surface area is 113 Å². The number of rotatable bonds is 3. The molecule has 1 aromatic rings. The quantitative estimate of drug-likeness (QED) is 0.686. The molecule has 1 aromatic carbocycles. The summed E-state index contributed by atoms with van der Waals surface area (Å²) in [5, 5.41) is 9.49. The van der Waals surface area contributed by atoms with Crippen LogP contribution in [0.2, 0.25) is 0 Å². The smallest absolute Gasteiger partial charge is 0.507 e. The van der Waals surface area contributed by atoms with E-state index in [0.29, 0.717) is 0 Å². The fourth-order valence-corrected chi connectivity index (χ4v) is 1.24. The predicted octanol–water partition coefficient (Wildman–Crippen LogP) is 2.60. The van der Waals surface area contributed by atoms with Crippen molar-refractivity contribution in [2.24, 2.45) is 0 Å². The molecular formula is C13H11F3O4. The van der Waals surface area contributed by atoms with Gasteiger partial charge in [-0.3, -0.25) is 4.79 Å². The van der Waals surface area contributed by atoms with Gasteiger partial charge in [-0.1, -0.05) is 11.8 Å². The summed E-state index contributed by atoms with van der Waals surface area (Å²) in [5.41, 5.74) is 0.0869. The Morgan fingerprint density at radius 1 is 1.40 bits per heavy atom. The van der Waals surface area contributed by atoms with Crippen LogP contribution in [0, 0.1) is 11.8 Å². The lowest BCUT2D eigenvalue weighted by atomic mass is 10.2. The number of phenolic OH excluding ortho intramolecular Hbond substituents is 1. The Morgan fingerprint density at radius 3 is 2.65 bits per heavy atom. The van der Waals surface area contributed by atoms with Crippen LogP contribution in [-0.2, 0) is 9.53 Å². The number of hydrogen-bond donors (Lipinski definition) is 1. The third-order valence-corrected chi connectivity index (χ3v) is 1.96. The van der Waals surface area contributed by atoms with Crippen LogP contribution >= 0.6 is 0 Å². The molecule has 0 radical (unpaired) electrons. The first-order valence-corrected chi connectivity index (χ1v) is 5.55. The van der Waals surface area contributed by atoms with Gasteiger partial charge in [-0.2, -0.15) is 0 Å². The van der Waals surface area contributed by atoms with Crippen LogP contribution in [0.25, 0.3) is 0 Å². The van der Waals surface area contributed by atoms with Crippen LogP contribution in [0.1, 0.15) is 18.9 Å². The first kappa shape index (κ1) is 15.7. The van der Waals surface area contributed by atoms with Gasteiger partial charge in [0.15, 0.2) is 0 Å². The second-order valence-electron chi connectivity index (χ2n) is 3.51. The molecule has 1 rings (SSSR count). The minimum absolute atomic E-state index is 0.0869. The van der Waals surface area contributed by atoms with E-state index in [1.165, 1.54) is 0 Å². The van der Waals surface area contributed by atoms with Crippen molar-refractivity contribution >= 4 is 5.97 Å². The molecule has 0 unspecified atom stereocenters. The van der Waals surface area contributed by atoms with Crippen molar-refractivity contribution in [3.8, 4) is 23.3 Å². The van der Waals surface area contributed by atoms with Gasteiger partial charge in [0.1, 0.15) is 17.9 Å². The largest absolute Gasteiger partial charge is 0.573 e. The molecule has 0 amide bonds. The number of halogens is 3. The summed E-state index contributed by atoms with van der Waals surface area (Å²) in [6, 6.07) is 2.97. The van der Waals surface area contributed by atoms with Crippen LogP contribution in [0.5, 0.6) is 11.5 Å². The van der Waals surface area contributed by atoms with E-state index in [1.807, 2.05) is 0 Å². The molecule has 1 N–H and O–H groups in total. The molecule has 0 saturated heterocycles. The number of carbonyl (C=O) groups excluding carboxylic acids is 1. The Balaban J connectivity index is 2.74. The molecule has 0 atom stereocenters. The lowest BCUT2D eigenvalue weighted by Crippen LogP contribution is -2.17. The van der Waals surface area contributed by atoms with E-state index >= 15 is 0 Å². The van der Waals surface area contributed by atoms with E-state index < -0.39 is 23.8 Å². The Kier molecular flexibility index (Phi) is 5.26. The number of esters is 1. The monoisotopic (exact) mass is 288 g/mol. The van der Waals surface area contributed by atoms with Crippen LogP contribution in [0.3, 0.4) is 0 Å². The highest BCUT2D eigenvalue weighted by molar-refractivity contribution is 5.72. The van der Waals surface area contributed by atoms with Gasteiger partial charge >= 0.3 is 12.3 Å². The predicted molar refractivity (Wildman–Crippen MR) is 62.9 cm³/mol. The number of aromatic hydroxyl groups is 1. The number of phenols is 1. The van der Waals surface area contributed by atoms with E-state index in [0.717, 1.165) is 18.2 Å². The van der Waals surface area contributed by atoms with Crippen molar-refractivity contribution in [1.29, 1.82) is 0 Å². The second-order valence-corrected chi connectivity index (χ2v) is 3.51. The average molecular weight is 288 g/mol. The van der Waals surface area contributed by atoms with Gasteiger partial charge in [-0.05, 0) is 19.1 Å². The summed E-state index contributed by atoms with van der Waals surface area (Å²) in [4.78, 5) is 11.0. The molecule has 7 heteroatoms. The minimum Gasteiger partial charge on any atom is -0.507 e.